The molecule has 7 rings (SSSR count). The number of likely N-dealkylation sites (N-methyl/N-ethyl adjacent to an activating group) is 1. The van der Waals surface area contributed by atoms with Gasteiger partial charge in [0, 0.05) is 74.9 Å². The van der Waals surface area contributed by atoms with Crippen molar-refractivity contribution < 1.29 is 28.8 Å². The van der Waals surface area contributed by atoms with E-state index in [1.807, 2.05) is 31.3 Å². The lowest BCUT2D eigenvalue weighted by atomic mass is 9.46. The number of nitrogens with one attached hydrogen (secondary N) is 1. The van der Waals surface area contributed by atoms with Crippen LogP contribution in [0, 0.1) is 40.9 Å². The van der Waals surface area contributed by atoms with E-state index in [0.717, 1.165) is 43.3 Å². The predicted octanol–water partition coefficient (Wildman–Crippen LogP) is 5.07. The molecule has 5 fully saturated rings. The molecule has 1 aromatic carbocycles. The van der Waals surface area contributed by atoms with Crippen LogP contribution in [0.1, 0.15) is 95.3 Å². The van der Waals surface area contributed by atoms with E-state index in [-0.39, 0.29) is 60.4 Å². The first-order valence-electron chi connectivity index (χ1n) is 19.1. The summed E-state index contributed by atoms with van der Waals surface area (Å²) >= 11 is 0. The molecule has 2 amide bonds. The second-order valence-electron chi connectivity index (χ2n) is 16.6. The van der Waals surface area contributed by atoms with Crippen molar-refractivity contribution in [3.63, 3.8) is 0 Å². The van der Waals surface area contributed by atoms with Gasteiger partial charge in [0.15, 0.2) is 17.3 Å². The van der Waals surface area contributed by atoms with Gasteiger partial charge in [0.05, 0.1) is 17.5 Å². The Labute approximate surface area is 301 Å². The van der Waals surface area contributed by atoms with Gasteiger partial charge in [0.25, 0.3) is 0 Å². The normalized spacial score (nSPS) is 26.1. The molecule has 274 valence electrons. The minimum atomic E-state index is -0.895. The summed E-state index contributed by atoms with van der Waals surface area (Å²) in [5, 5.41) is 3.75. The third-order valence-electron chi connectivity index (χ3n) is 12.6. The van der Waals surface area contributed by atoms with Crippen molar-refractivity contribution >= 4 is 45.9 Å². The number of piperazine rings is 1. The zero-order valence-electron chi connectivity index (χ0n) is 30.7. The molecule has 51 heavy (non-hydrogen) atoms. The molecule has 10 nitrogen and oxygen atoms in total. The summed E-state index contributed by atoms with van der Waals surface area (Å²) in [4.78, 5) is 89.5. The van der Waals surface area contributed by atoms with E-state index < -0.39 is 29.4 Å². The minimum Gasteiger partial charge on any atom is -0.346 e. The molecule has 1 N–H and O–H groups in total. The predicted molar refractivity (Wildman–Crippen MR) is 194 cm³/mol. The lowest BCUT2D eigenvalue weighted by Crippen LogP contribution is -2.55. The number of pyridine rings is 1. The van der Waals surface area contributed by atoms with Gasteiger partial charge >= 0.3 is 0 Å². The number of benzene rings is 1. The van der Waals surface area contributed by atoms with Crippen molar-refractivity contribution in [3.05, 3.63) is 42.1 Å². The highest BCUT2D eigenvalue weighted by Gasteiger charge is 2.56. The number of Topliss-reactive ketones (excluding diaryl/α,β-unsaturated/α-hetero) is 4. The average molecular weight is 699 g/mol. The van der Waals surface area contributed by atoms with E-state index >= 15 is 0 Å². The molecule has 4 bridgehead atoms. The van der Waals surface area contributed by atoms with Crippen molar-refractivity contribution in [1.29, 1.82) is 0 Å². The fraction of sp³-hybridized carbons (Fsp3) is 0.634. The van der Waals surface area contributed by atoms with Crippen molar-refractivity contribution in [2.24, 2.45) is 40.9 Å². The van der Waals surface area contributed by atoms with E-state index in [9.17, 15) is 28.8 Å². The Morgan fingerprint density at radius 3 is 2.10 bits per heavy atom. The molecule has 0 spiro atoms. The highest BCUT2D eigenvalue weighted by atomic mass is 16.2. The van der Waals surface area contributed by atoms with Crippen LogP contribution in [0.4, 0.5) is 0 Å². The molecule has 1 aliphatic heterocycles. The summed E-state index contributed by atoms with van der Waals surface area (Å²) in [5.74, 6) is -2.13. The molecule has 3 atom stereocenters. The summed E-state index contributed by atoms with van der Waals surface area (Å²) in [6.07, 6.45) is 7.66. The van der Waals surface area contributed by atoms with E-state index in [0.29, 0.717) is 36.4 Å². The Balaban J connectivity index is 1.13. The minimum absolute atomic E-state index is 0.0285. The van der Waals surface area contributed by atoms with Crippen molar-refractivity contribution in [2.75, 3.05) is 33.2 Å². The van der Waals surface area contributed by atoms with Gasteiger partial charge in [0.1, 0.15) is 0 Å². The summed E-state index contributed by atoms with van der Waals surface area (Å²) in [6.45, 7) is 7.98. The lowest BCUT2D eigenvalue weighted by Gasteiger charge is -2.59. The topological polar surface area (TPSA) is 134 Å². The van der Waals surface area contributed by atoms with Crippen LogP contribution in [0.15, 0.2) is 36.5 Å². The van der Waals surface area contributed by atoms with Crippen LogP contribution in [-0.4, -0.2) is 89.0 Å². The number of ketones is 4. The number of hydrogen-bond donors (Lipinski definition) is 1. The number of rotatable bonds is 15. The number of fused-ring (bicyclic) bond motifs is 1. The first-order valence-corrected chi connectivity index (χ1v) is 19.1. The van der Waals surface area contributed by atoms with Crippen LogP contribution in [0.3, 0.4) is 0 Å². The van der Waals surface area contributed by atoms with E-state index in [1.165, 1.54) is 19.3 Å². The molecule has 4 aliphatic carbocycles. The average Bonchev–Trinajstić information content (AvgIpc) is 3.10. The van der Waals surface area contributed by atoms with Crippen molar-refractivity contribution in [3.8, 4) is 0 Å². The fourth-order valence-electron chi connectivity index (χ4n) is 10.0. The monoisotopic (exact) mass is 698 g/mol. The smallest absolute Gasteiger partial charge is 0.224 e. The summed E-state index contributed by atoms with van der Waals surface area (Å²) in [6, 6.07) is 8.37. The summed E-state index contributed by atoms with van der Waals surface area (Å²) < 4.78 is 0. The number of hydrogen-bond acceptors (Lipinski definition) is 8. The maximum absolute atomic E-state index is 14.4. The Bertz CT molecular complexity index is 1640. The van der Waals surface area contributed by atoms with Gasteiger partial charge in [-0.2, -0.15) is 0 Å². The Morgan fingerprint density at radius 2 is 1.47 bits per heavy atom. The Hall–Kier alpha value is -3.79. The number of nitrogens with zero attached hydrogens (tertiary/aromatic N) is 3. The molecule has 2 heterocycles. The van der Waals surface area contributed by atoms with Crippen LogP contribution in [-0.2, 0) is 24.0 Å². The number of para-hydroxylation sites is 1. The third kappa shape index (κ3) is 8.16. The molecule has 4 saturated carbocycles. The van der Waals surface area contributed by atoms with Gasteiger partial charge in [-0.25, -0.2) is 0 Å². The van der Waals surface area contributed by atoms with Gasteiger partial charge in [-0.05, 0) is 93.7 Å². The molecule has 10 heteroatoms. The number of amides is 2. The Morgan fingerprint density at radius 1 is 0.843 bits per heavy atom. The highest BCUT2D eigenvalue weighted by Crippen LogP contribution is 2.63. The van der Waals surface area contributed by atoms with Gasteiger partial charge in [-0.15, -0.1) is 0 Å². The zero-order chi connectivity index (χ0) is 36.4. The molecule has 1 aromatic heterocycles. The van der Waals surface area contributed by atoms with Crippen LogP contribution in [0.2, 0.25) is 0 Å². The van der Waals surface area contributed by atoms with Gasteiger partial charge < -0.3 is 15.1 Å². The number of carbonyl (C=O) groups excluding carboxylic acids is 6. The number of aromatic nitrogens is 1. The van der Waals surface area contributed by atoms with Gasteiger partial charge in [-0.1, -0.05) is 32.0 Å². The summed E-state index contributed by atoms with van der Waals surface area (Å²) in [7, 11) is 2.00. The van der Waals surface area contributed by atoms with Crippen molar-refractivity contribution in [1.82, 2.24) is 20.1 Å². The first kappa shape index (κ1) is 37.0. The van der Waals surface area contributed by atoms with Gasteiger partial charge in [0.2, 0.25) is 17.6 Å². The third-order valence-corrected chi connectivity index (χ3v) is 12.6. The second kappa shape index (κ2) is 15.4. The molecule has 2 aromatic rings. The largest absolute Gasteiger partial charge is 0.346 e. The quantitative estimate of drug-likeness (QED) is 0.202. The molecule has 0 radical (unpaired) electrons. The SMILES string of the molecule is CC(C)[C@H](CC(=O)[C@H](C)NC(=O)[C@@H](CC(=O)c1ccnc2ccccc12)C12CC3CC(CC(C3)C1)C2)C(=O)C(=O)CCC(=O)N1CCN(C)CC1. The fourth-order valence-corrected chi connectivity index (χ4v) is 10.0. The van der Waals surface area contributed by atoms with Gasteiger partial charge in [-0.3, -0.25) is 33.8 Å². The van der Waals surface area contributed by atoms with Crippen LogP contribution >= 0.6 is 0 Å². The maximum Gasteiger partial charge on any atom is 0.224 e. The standard InChI is InChI=1S/C41H54N4O6/c1-25(2)32(39(50)35(46)9-10-38(49)45-15-13-44(4)14-16-45)20-36(47)26(3)43-40(51)33(41-22-27-17-28(23-41)19-29(18-27)24-41)21-37(48)31-11-12-42-34-8-6-5-7-30(31)34/h5-8,11-12,25-29,32-33H,9-10,13-24H2,1-4H3,(H,43,51)/t26-,27?,28?,29?,32-,33+,41?/m0/s1. The summed E-state index contributed by atoms with van der Waals surface area (Å²) in [5.41, 5.74) is 0.998. The van der Waals surface area contributed by atoms with Crippen LogP contribution < -0.4 is 5.32 Å². The molecular weight excluding hydrogens is 644 g/mol. The maximum atomic E-state index is 14.4. The first-order chi connectivity index (χ1) is 24.3. The lowest BCUT2D eigenvalue weighted by molar-refractivity contribution is -0.144. The van der Waals surface area contributed by atoms with E-state index in [1.54, 1.807) is 37.9 Å². The zero-order valence-corrected chi connectivity index (χ0v) is 30.7. The number of carbonyl (C=O) groups is 6. The van der Waals surface area contributed by atoms with E-state index in [4.69, 9.17) is 0 Å². The molecule has 1 saturated heterocycles. The Kier molecular flexibility index (Phi) is 11.2. The van der Waals surface area contributed by atoms with Crippen molar-refractivity contribution in [2.45, 2.75) is 91.0 Å². The highest BCUT2D eigenvalue weighted by molar-refractivity contribution is 6.38. The molecule has 0 unspecified atom stereocenters. The second-order valence-corrected chi connectivity index (χ2v) is 16.6. The van der Waals surface area contributed by atoms with E-state index in [2.05, 4.69) is 15.2 Å². The van der Waals surface area contributed by atoms with Crippen LogP contribution in [0.5, 0.6) is 0 Å². The molecular formula is C41H54N4O6. The van der Waals surface area contributed by atoms with Crippen LogP contribution in [0.25, 0.3) is 10.9 Å². The molecule has 5 aliphatic rings.